The summed E-state index contributed by atoms with van der Waals surface area (Å²) in [5, 5.41) is 14.2. The zero-order valence-electron chi connectivity index (χ0n) is 14.1. The van der Waals surface area contributed by atoms with Gasteiger partial charge in [0, 0.05) is 12.5 Å². The molecule has 6 N–H and O–H groups in total. The molecule has 1 aromatic rings. The van der Waals surface area contributed by atoms with Crippen LogP contribution in [0.5, 0.6) is 0 Å². The van der Waals surface area contributed by atoms with Gasteiger partial charge in [0.05, 0.1) is 0 Å². The summed E-state index contributed by atoms with van der Waals surface area (Å²) in [5.41, 5.74) is 12.0. The number of benzene rings is 1. The van der Waals surface area contributed by atoms with Crippen LogP contribution in [0.25, 0.3) is 0 Å². The monoisotopic (exact) mass is 420 g/mol. The van der Waals surface area contributed by atoms with Crippen LogP contribution in [0.4, 0.5) is 26.3 Å². The van der Waals surface area contributed by atoms with E-state index in [9.17, 15) is 31.1 Å². The number of halogens is 6. The number of carboxylic acid groups (broad SMARTS) is 2. The van der Waals surface area contributed by atoms with Gasteiger partial charge in [0.1, 0.15) is 0 Å². The Morgan fingerprint density at radius 2 is 1.25 bits per heavy atom. The third-order valence-corrected chi connectivity index (χ3v) is 2.60. The maximum absolute atomic E-state index is 10.6. The number of aliphatic carboxylic acids is 2. The first-order chi connectivity index (χ1) is 12.6. The second-order valence-corrected chi connectivity index (χ2v) is 5.06. The van der Waals surface area contributed by atoms with E-state index in [1.54, 1.807) is 0 Å². The first-order valence-corrected chi connectivity index (χ1v) is 7.25. The van der Waals surface area contributed by atoms with Crippen molar-refractivity contribution in [2.75, 3.05) is 0 Å². The molecule has 0 aliphatic carbocycles. The molecule has 0 aromatic heterocycles. The highest BCUT2D eigenvalue weighted by molar-refractivity contribution is 5.74. The normalized spacial score (nSPS) is 11.8. The number of amides is 1. The van der Waals surface area contributed by atoms with Gasteiger partial charge in [0.15, 0.2) is 0 Å². The number of rotatable bonds is 5. The van der Waals surface area contributed by atoms with E-state index in [1.807, 2.05) is 18.2 Å². The molecular formula is C15H18F6N2O5. The summed E-state index contributed by atoms with van der Waals surface area (Å²) in [6.45, 7) is 0. The van der Waals surface area contributed by atoms with Gasteiger partial charge in [-0.1, -0.05) is 30.3 Å². The highest BCUT2D eigenvalue weighted by Crippen LogP contribution is 2.13. The van der Waals surface area contributed by atoms with E-state index < -0.39 is 24.3 Å². The van der Waals surface area contributed by atoms with Gasteiger partial charge in [-0.2, -0.15) is 26.3 Å². The first-order valence-electron chi connectivity index (χ1n) is 7.25. The molecule has 13 heteroatoms. The molecule has 0 fully saturated rings. The van der Waals surface area contributed by atoms with Gasteiger partial charge in [-0.05, 0) is 18.4 Å². The van der Waals surface area contributed by atoms with E-state index in [1.165, 1.54) is 5.56 Å². The van der Waals surface area contributed by atoms with Crippen molar-refractivity contribution in [2.45, 2.75) is 37.7 Å². The lowest BCUT2D eigenvalue weighted by atomic mass is 10.0. The lowest BCUT2D eigenvalue weighted by Gasteiger charge is -2.08. The van der Waals surface area contributed by atoms with Crippen LogP contribution in [-0.2, 0) is 20.8 Å². The van der Waals surface area contributed by atoms with Gasteiger partial charge in [-0.15, -0.1) is 0 Å². The number of alkyl halides is 6. The Morgan fingerprint density at radius 1 is 0.893 bits per heavy atom. The van der Waals surface area contributed by atoms with Crippen LogP contribution in [0.2, 0.25) is 0 Å². The van der Waals surface area contributed by atoms with Crippen molar-refractivity contribution in [3.63, 3.8) is 0 Å². The average Bonchev–Trinajstić information content (AvgIpc) is 2.52. The minimum absolute atomic E-state index is 0.118. The summed E-state index contributed by atoms with van der Waals surface area (Å²) in [6, 6.07) is 9.96. The van der Waals surface area contributed by atoms with Crippen molar-refractivity contribution in [2.24, 2.45) is 11.5 Å². The molecule has 1 atom stereocenters. The zero-order valence-corrected chi connectivity index (χ0v) is 14.1. The Balaban J connectivity index is 0. The molecule has 0 radical (unpaired) electrons. The molecule has 0 saturated heterocycles. The van der Waals surface area contributed by atoms with Crippen LogP contribution in [0.1, 0.15) is 18.4 Å². The van der Waals surface area contributed by atoms with E-state index in [-0.39, 0.29) is 18.4 Å². The largest absolute Gasteiger partial charge is 0.490 e. The van der Waals surface area contributed by atoms with E-state index in [2.05, 4.69) is 12.1 Å². The minimum Gasteiger partial charge on any atom is -0.475 e. The van der Waals surface area contributed by atoms with Crippen molar-refractivity contribution in [1.29, 1.82) is 0 Å². The number of carbonyl (C=O) groups excluding carboxylic acids is 1. The molecule has 0 aliphatic rings. The molecule has 0 heterocycles. The molecule has 0 bridgehead atoms. The SMILES string of the molecule is NC(=O)CC(N)CCc1ccccc1.O=C(O)C(F)(F)F.O=C(O)C(F)(F)F. The van der Waals surface area contributed by atoms with E-state index >= 15 is 0 Å². The summed E-state index contributed by atoms with van der Waals surface area (Å²) in [6.07, 6.45) is -8.20. The molecule has 1 rings (SSSR count). The number of aryl methyl sites for hydroxylation is 1. The molecule has 1 amide bonds. The number of nitrogens with two attached hydrogens (primary N) is 2. The van der Waals surface area contributed by atoms with Crippen LogP contribution in [-0.4, -0.2) is 46.5 Å². The minimum atomic E-state index is -5.08. The summed E-state index contributed by atoms with van der Waals surface area (Å²) in [4.78, 5) is 28.4. The van der Waals surface area contributed by atoms with Crippen LogP contribution in [0.3, 0.4) is 0 Å². The summed E-state index contributed by atoms with van der Waals surface area (Å²) in [7, 11) is 0. The van der Waals surface area contributed by atoms with Crippen molar-refractivity contribution < 1.29 is 50.9 Å². The predicted octanol–water partition coefficient (Wildman–Crippen LogP) is 2.09. The van der Waals surface area contributed by atoms with Gasteiger partial charge in [-0.25, -0.2) is 9.59 Å². The third-order valence-electron chi connectivity index (χ3n) is 2.60. The number of carboxylic acids is 2. The molecule has 0 saturated carbocycles. The Kier molecular flexibility index (Phi) is 12.3. The summed E-state index contributed by atoms with van der Waals surface area (Å²) >= 11 is 0. The highest BCUT2D eigenvalue weighted by Gasteiger charge is 2.38. The van der Waals surface area contributed by atoms with E-state index in [4.69, 9.17) is 31.3 Å². The number of carbonyl (C=O) groups is 3. The standard InChI is InChI=1S/C11H16N2O.2C2HF3O2/c12-10(8-11(13)14)7-6-9-4-2-1-3-5-9;2*3-2(4,5)1(6)7/h1-5,10H,6-8,12H2,(H2,13,14);2*(H,6,7). The van der Waals surface area contributed by atoms with Crippen molar-refractivity contribution in [1.82, 2.24) is 0 Å². The van der Waals surface area contributed by atoms with Crippen molar-refractivity contribution in [3.05, 3.63) is 35.9 Å². The summed E-state index contributed by atoms with van der Waals surface area (Å²) < 4.78 is 63.5. The van der Waals surface area contributed by atoms with Crippen molar-refractivity contribution in [3.8, 4) is 0 Å². The lowest BCUT2D eigenvalue weighted by molar-refractivity contribution is -0.193. The quantitative estimate of drug-likeness (QED) is 0.537. The third kappa shape index (κ3) is 16.6. The number of hydrogen-bond acceptors (Lipinski definition) is 4. The van der Waals surface area contributed by atoms with Gasteiger partial charge in [-0.3, -0.25) is 4.79 Å². The number of primary amides is 1. The lowest BCUT2D eigenvalue weighted by Crippen LogP contribution is -2.27. The molecule has 0 aliphatic heterocycles. The fraction of sp³-hybridized carbons (Fsp3) is 0.400. The van der Waals surface area contributed by atoms with Crippen LogP contribution >= 0.6 is 0 Å². The van der Waals surface area contributed by atoms with E-state index in [0.717, 1.165) is 12.8 Å². The Morgan fingerprint density at radius 3 is 1.54 bits per heavy atom. The molecule has 0 spiro atoms. The van der Waals surface area contributed by atoms with Gasteiger partial charge in [0.2, 0.25) is 5.91 Å². The Bertz CT molecular complexity index is 596. The smallest absolute Gasteiger partial charge is 0.475 e. The zero-order chi connectivity index (χ0) is 22.5. The van der Waals surface area contributed by atoms with Crippen molar-refractivity contribution >= 4 is 17.8 Å². The molecule has 28 heavy (non-hydrogen) atoms. The molecule has 1 aromatic carbocycles. The Labute approximate surface area is 154 Å². The second-order valence-electron chi connectivity index (χ2n) is 5.06. The topological polar surface area (TPSA) is 144 Å². The molecule has 160 valence electrons. The maximum atomic E-state index is 10.6. The molecular weight excluding hydrogens is 402 g/mol. The predicted molar refractivity (Wildman–Crippen MR) is 83.9 cm³/mol. The van der Waals surface area contributed by atoms with Crippen LogP contribution in [0.15, 0.2) is 30.3 Å². The van der Waals surface area contributed by atoms with E-state index in [0.29, 0.717) is 0 Å². The fourth-order valence-corrected chi connectivity index (χ4v) is 1.36. The molecule has 1 unspecified atom stereocenters. The van der Waals surface area contributed by atoms with Gasteiger partial charge < -0.3 is 21.7 Å². The molecule has 7 nitrogen and oxygen atoms in total. The summed E-state index contributed by atoms with van der Waals surface area (Å²) in [5.74, 6) is -5.84. The maximum Gasteiger partial charge on any atom is 0.490 e. The first kappa shape index (κ1) is 27.4. The van der Waals surface area contributed by atoms with Crippen LogP contribution in [0, 0.1) is 0 Å². The average molecular weight is 420 g/mol. The number of hydrogen-bond donors (Lipinski definition) is 4. The highest BCUT2D eigenvalue weighted by atomic mass is 19.4. The van der Waals surface area contributed by atoms with Crippen LogP contribution < -0.4 is 11.5 Å². The van der Waals surface area contributed by atoms with Gasteiger partial charge >= 0.3 is 24.3 Å². The Hall–Kier alpha value is -2.83. The van der Waals surface area contributed by atoms with Gasteiger partial charge in [0.25, 0.3) is 0 Å². The second kappa shape index (κ2) is 12.5. The fourth-order valence-electron chi connectivity index (χ4n) is 1.36.